The Morgan fingerprint density at radius 2 is 1.54 bits per heavy atom. The second kappa shape index (κ2) is 11.8. The van der Waals surface area contributed by atoms with Crippen LogP contribution in [0, 0.1) is 23.6 Å². The third kappa shape index (κ3) is 7.35. The first-order valence-electron chi connectivity index (χ1n) is 13.7. The van der Waals surface area contributed by atoms with Crippen LogP contribution >= 0.6 is 0 Å². The Kier molecular flexibility index (Phi) is 9.03. The lowest BCUT2D eigenvalue weighted by molar-refractivity contribution is -0.388. The summed E-state index contributed by atoms with van der Waals surface area (Å²) in [6.45, 7) is 2.22. The zero-order chi connectivity index (χ0) is 28.4. The fourth-order valence-electron chi connectivity index (χ4n) is 6.44. The van der Waals surface area contributed by atoms with Gasteiger partial charge >= 0.3 is 12.5 Å². The van der Waals surface area contributed by atoms with E-state index in [4.69, 9.17) is 0 Å². The van der Waals surface area contributed by atoms with Gasteiger partial charge in [-0.1, -0.05) is 38.7 Å². The van der Waals surface area contributed by atoms with E-state index in [0.29, 0.717) is 17.6 Å². The Bertz CT molecular complexity index is 1040. The minimum atomic E-state index is -5.50. The SMILES string of the molecule is CCCC1CCC(C2CCC(c3ccc(C(F)(F)OC4=CC(F)C(F)(OC(F)(F)F)C=C4)c(F)c3)CC2)CC1. The van der Waals surface area contributed by atoms with Crippen molar-refractivity contribution in [1.82, 2.24) is 0 Å². The first-order valence-corrected chi connectivity index (χ1v) is 13.7. The summed E-state index contributed by atoms with van der Waals surface area (Å²) in [5.74, 6) is -3.84. The average Bonchev–Trinajstić information content (AvgIpc) is 2.86. The molecule has 2 atom stereocenters. The second-order valence-electron chi connectivity index (χ2n) is 11.1. The predicted molar refractivity (Wildman–Crippen MR) is 130 cm³/mol. The van der Waals surface area contributed by atoms with Gasteiger partial charge in [-0.25, -0.2) is 17.9 Å². The molecule has 0 amide bonds. The minimum Gasteiger partial charge on any atom is -0.429 e. The highest BCUT2D eigenvalue weighted by molar-refractivity contribution is 5.31. The molecule has 39 heavy (non-hydrogen) atoms. The molecule has 3 aliphatic rings. The standard InChI is InChI=1S/C29H34F8O2/c1-2-3-18-4-6-19(7-5-18)20-8-10-21(11-9-20)22-12-13-24(25(30)16-22)28(33,34)38-23-14-15-27(32,26(31)17-23)39-29(35,36)37/h12-21,26H,2-11H2,1H3. The van der Waals surface area contributed by atoms with Gasteiger partial charge in [-0.3, -0.25) is 0 Å². The Morgan fingerprint density at radius 1 is 0.923 bits per heavy atom. The first-order chi connectivity index (χ1) is 18.3. The van der Waals surface area contributed by atoms with Crippen molar-refractivity contribution < 1.29 is 44.6 Å². The lowest BCUT2D eigenvalue weighted by Gasteiger charge is -2.38. The predicted octanol–water partition coefficient (Wildman–Crippen LogP) is 9.77. The van der Waals surface area contributed by atoms with Crippen LogP contribution in [0.5, 0.6) is 0 Å². The molecule has 0 N–H and O–H groups in total. The van der Waals surface area contributed by atoms with Crippen LogP contribution in [-0.4, -0.2) is 18.4 Å². The largest absolute Gasteiger partial charge is 0.525 e. The van der Waals surface area contributed by atoms with Gasteiger partial charge in [0.15, 0.2) is 6.17 Å². The highest BCUT2D eigenvalue weighted by Gasteiger charge is 2.50. The van der Waals surface area contributed by atoms with Crippen LogP contribution in [0.2, 0.25) is 0 Å². The smallest absolute Gasteiger partial charge is 0.429 e. The number of hydrogen-bond donors (Lipinski definition) is 0. The summed E-state index contributed by atoms with van der Waals surface area (Å²) in [5, 5.41) is 0. The third-order valence-corrected chi connectivity index (χ3v) is 8.48. The molecule has 0 aliphatic heterocycles. The van der Waals surface area contributed by atoms with E-state index in [9.17, 15) is 35.1 Å². The molecule has 0 aromatic heterocycles. The van der Waals surface area contributed by atoms with E-state index in [-0.39, 0.29) is 18.1 Å². The van der Waals surface area contributed by atoms with Gasteiger partial charge in [0.05, 0.1) is 5.56 Å². The van der Waals surface area contributed by atoms with Crippen molar-refractivity contribution in [3.05, 3.63) is 59.1 Å². The Morgan fingerprint density at radius 3 is 2.08 bits per heavy atom. The summed E-state index contributed by atoms with van der Waals surface area (Å²) in [7, 11) is 0. The number of allylic oxidation sites excluding steroid dienone is 1. The Labute approximate surface area is 223 Å². The molecule has 1 aromatic rings. The quantitative estimate of drug-likeness (QED) is 0.292. The molecule has 2 nitrogen and oxygen atoms in total. The third-order valence-electron chi connectivity index (χ3n) is 8.48. The van der Waals surface area contributed by atoms with Crippen molar-refractivity contribution in [3.63, 3.8) is 0 Å². The number of hydrogen-bond acceptors (Lipinski definition) is 2. The summed E-state index contributed by atoms with van der Waals surface area (Å²) < 4.78 is 117. The van der Waals surface area contributed by atoms with Crippen LogP contribution in [0.25, 0.3) is 0 Å². The zero-order valence-electron chi connectivity index (χ0n) is 21.8. The van der Waals surface area contributed by atoms with Crippen molar-refractivity contribution in [3.8, 4) is 0 Å². The van der Waals surface area contributed by atoms with Gasteiger partial charge < -0.3 is 4.74 Å². The van der Waals surface area contributed by atoms with Gasteiger partial charge in [0, 0.05) is 0 Å². The highest BCUT2D eigenvalue weighted by Crippen LogP contribution is 2.45. The van der Waals surface area contributed by atoms with Crippen molar-refractivity contribution in [2.45, 2.75) is 102 Å². The number of ether oxygens (including phenoxy) is 2. The molecule has 2 fully saturated rings. The maximum atomic E-state index is 14.8. The van der Waals surface area contributed by atoms with Gasteiger partial charge in [0.1, 0.15) is 11.6 Å². The van der Waals surface area contributed by atoms with Crippen molar-refractivity contribution in [1.29, 1.82) is 0 Å². The van der Waals surface area contributed by atoms with Crippen LogP contribution in [-0.2, 0) is 15.6 Å². The zero-order valence-corrected chi connectivity index (χ0v) is 21.8. The molecule has 3 aliphatic carbocycles. The Balaban J connectivity index is 1.34. The van der Waals surface area contributed by atoms with E-state index in [1.807, 2.05) is 0 Å². The molecule has 1 aromatic carbocycles. The molecule has 0 bridgehead atoms. The number of alkyl halides is 7. The van der Waals surface area contributed by atoms with Gasteiger partial charge in [-0.05, 0) is 98.1 Å². The van der Waals surface area contributed by atoms with Crippen LogP contribution in [0.1, 0.15) is 88.2 Å². The number of benzene rings is 1. The molecule has 2 unspecified atom stereocenters. The summed E-state index contributed by atoms with van der Waals surface area (Å²) in [5.41, 5.74) is -0.499. The molecule has 0 radical (unpaired) electrons. The van der Waals surface area contributed by atoms with E-state index in [1.165, 1.54) is 44.6 Å². The van der Waals surface area contributed by atoms with Gasteiger partial charge in [-0.2, -0.15) is 8.78 Å². The van der Waals surface area contributed by atoms with Gasteiger partial charge in [0.2, 0.25) is 0 Å². The van der Waals surface area contributed by atoms with Crippen LogP contribution < -0.4 is 0 Å². The molecular weight excluding hydrogens is 532 g/mol. The van der Waals surface area contributed by atoms with Crippen LogP contribution in [0.4, 0.5) is 35.1 Å². The highest BCUT2D eigenvalue weighted by atomic mass is 19.4. The maximum absolute atomic E-state index is 14.8. The lowest BCUT2D eigenvalue weighted by Crippen LogP contribution is -2.41. The molecular formula is C29H34F8O2. The second-order valence-corrected chi connectivity index (χ2v) is 11.1. The molecule has 0 saturated heterocycles. The first kappa shape index (κ1) is 29.9. The van der Waals surface area contributed by atoms with E-state index in [0.717, 1.165) is 49.7 Å². The fourth-order valence-corrected chi connectivity index (χ4v) is 6.44. The number of rotatable bonds is 8. The van der Waals surface area contributed by atoms with Crippen LogP contribution in [0.3, 0.4) is 0 Å². The Hall–Kier alpha value is -2.10. The topological polar surface area (TPSA) is 18.5 Å². The molecule has 10 heteroatoms. The van der Waals surface area contributed by atoms with Crippen LogP contribution in [0.15, 0.2) is 42.2 Å². The summed E-state index contributed by atoms with van der Waals surface area (Å²) in [6, 6.07) is 3.38. The van der Waals surface area contributed by atoms with Crippen molar-refractivity contribution in [2.75, 3.05) is 0 Å². The summed E-state index contributed by atoms with van der Waals surface area (Å²) >= 11 is 0. The number of halogens is 8. The van der Waals surface area contributed by atoms with E-state index < -0.39 is 41.6 Å². The minimum absolute atomic E-state index is 0.0107. The van der Waals surface area contributed by atoms with E-state index in [1.54, 1.807) is 0 Å². The monoisotopic (exact) mass is 566 g/mol. The van der Waals surface area contributed by atoms with Gasteiger partial charge in [0.25, 0.3) is 5.85 Å². The summed E-state index contributed by atoms with van der Waals surface area (Å²) in [4.78, 5) is 0. The van der Waals surface area contributed by atoms with E-state index >= 15 is 0 Å². The normalized spacial score (nSPS) is 32.1. The van der Waals surface area contributed by atoms with Gasteiger partial charge in [-0.15, -0.1) is 13.2 Å². The molecule has 0 spiro atoms. The molecule has 2 saturated carbocycles. The van der Waals surface area contributed by atoms with Crippen molar-refractivity contribution >= 4 is 0 Å². The van der Waals surface area contributed by atoms with Crippen molar-refractivity contribution in [2.24, 2.45) is 17.8 Å². The summed E-state index contributed by atoms with van der Waals surface area (Å²) in [6.07, 6.45) is -1.04. The lowest BCUT2D eigenvalue weighted by atomic mass is 9.68. The maximum Gasteiger partial charge on any atom is 0.525 e. The fraction of sp³-hybridized carbons (Fsp3) is 0.655. The molecule has 4 rings (SSSR count). The average molecular weight is 567 g/mol. The molecule has 0 heterocycles. The van der Waals surface area contributed by atoms with E-state index in [2.05, 4.69) is 16.4 Å². The molecule has 218 valence electrons.